The van der Waals surface area contributed by atoms with Crippen LogP contribution in [0.2, 0.25) is 0 Å². The van der Waals surface area contributed by atoms with Crippen molar-refractivity contribution in [3.8, 4) is 5.75 Å². The number of methoxy groups -OCH3 is 1. The van der Waals surface area contributed by atoms with Crippen molar-refractivity contribution in [3.05, 3.63) is 93.7 Å². The van der Waals surface area contributed by atoms with Gasteiger partial charge >= 0.3 is 6.03 Å². The topological polar surface area (TPSA) is 65.6 Å². The van der Waals surface area contributed by atoms with E-state index in [2.05, 4.69) is 51.2 Å². The number of urea groups is 1. The lowest BCUT2D eigenvalue weighted by molar-refractivity contribution is 0.196. The van der Waals surface area contributed by atoms with Gasteiger partial charge in [-0.2, -0.15) is 0 Å². The largest absolute Gasteiger partial charge is 0.497 e. The average molecular weight is 541 g/mol. The number of carbonyl (C=O) groups excluding carboxylic acids is 1. The molecule has 0 spiro atoms. The van der Waals surface area contributed by atoms with Gasteiger partial charge in [-0.05, 0) is 53.4 Å². The number of rotatable bonds is 8. The summed E-state index contributed by atoms with van der Waals surface area (Å²) < 4.78 is 20.3. The van der Waals surface area contributed by atoms with E-state index in [-0.39, 0.29) is 23.7 Å². The number of amides is 2. The lowest BCUT2D eigenvalue weighted by Crippen LogP contribution is -2.40. The van der Waals surface area contributed by atoms with Crippen molar-refractivity contribution >= 4 is 27.6 Å². The second-order valence-corrected chi connectivity index (χ2v) is 9.56. The second-order valence-electron chi connectivity index (χ2n) is 8.64. The standard InChI is InChI=1S/C27H30BrFN4O2/c1-3-18-4-6-19(7-5-18)16-33(27(34)31-25-13-10-22(28)14-24(25)29)17-21-15-30-32-26(21)20-8-11-23(35-2)12-9-20/h4-14,21,26,30,32H,3,15-17H2,1-2H3,(H,31,34). The smallest absolute Gasteiger partial charge is 0.322 e. The monoisotopic (exact) mass is 540 g/mol. The van der Waals surface area contributed by atoms with Crippen LogP contribution in [-0.4, -0.2) is 31.1 Å². The van der Waals surface area contributed by atoms with Crippen LogP contribution < -0.4 is 20.9 Å². The maximum atomic E-state index is 14.4. The first-order chi connectivity index (χ1) is 17.0. The summed E-state index contributed by atoms with van der Waals surface area (Å²) in [6.07, 6.45) is 0.955. The number of halogens is 2. The number of anilines is 1. The fraction of sp³-hybridized carbons (Fsp3) is 0.296. The predicted octanol–water partition coefficient (Wildman–Crippen LogP) is 5.66. The minimum absolute atomic E-state index is 0.0168. The Bertz CT molecular complexity index is 1140. The number of benzene rings is 3. The fourth-order valence-corrected chi connectivity index (χ4v) is 4.59. The van der Waals surface area contributed by atoms with Crippen LogP contribution in [-0.2, 0) is 13.0 Å². The summed E-state index contributed by atoms with van der Waals surface area (Å²) in [5.74, 6) is 0.420. The van der Waals surface area contributed by atoms with Gasteiger partial charge in [0, 0.05) is 30.0 Å². The van der Waals surface area contributed by atoms with E-state index >= 15 is 0 Å². The summed E-state index contributed by atoms with van der Waals surface area (Å²) in [5, 5.41) is 2.76. The van der Waals surface area contributed by atoms with Crippen molar-refractivity contribution < 1.29 is 13.9 Å². The number of nitrogens with one attached hydrogen (secondary N) is 3. The Morgan fingerprint density at radius 3 is 2.49 bits per heavy atom. The Kier molecular flexibility index (Phi) is 8.38. The Balaban J connectivity index is 1.55. The first-order valence-corrected chi connectivity index (χ1v) is 12.5. The van der Waals surface area contributed by atoms with Crippen molar-refractivity contribution in [2.75, 3.05) is 25.5 Å². The van der Waals surface area contributed by atoms with E-state index in [0.29, 0.717) is 24.1 Å². The average Bonchev–Trinajstić information content (AvgIpc) is 3.34. The number of hydrazine groups is 1. The van der Waals surface area contributed by atoms with Crippen LogP contribution >= 0.6 is 15.9 Å². The Morgan fingerprint density at radius 2 is 1.83 bits per heavy atom. The highest BCUT2D eigenvalue weighted by molar-refractivity contribution is 9.10. The zero-order chi connectivity index (χ0) is 24.8. The quantitative estimate of drug-likeness (QED) is 0.345. The highest BCUT2D eigenvalue weighted by Crippen LogP contribution is 2.28. The molecule has 0 aromatic heterocycles. The molecule has 0 aliphatic carbocycles. The molecule has 3 aromatic rings. The molecule has 1 fully saturated rings. The molecule has 1 aliphatic rings. The van der Waals surface area contributed by atoms with Crippen LogP contribution in [0.3, 0.4) is 0 Å². The third-order valence-corrected chi connectivity index (χ3v) is 6.78. The van der Waals surface area contributed by atoms with Gasteiger partial charge in [0.25, 0.3) is 0 Å². The zero-order valence-electron chi connectivity index (χ0n) is 19.9. The maximum absolute atomic E-state index is 14.4. The number of hydrogen-bond donors (Lipinski definition) is 3. The fourth-order valence-electron chi connectivity index (χ4n) is 4.26. The van der Waals surface area contributed by atoms with Crippen molar-refractivity contribution in [1.29, 1.82) is 0 Å². The van der Waals surface area contributed by atoms with Crippen molar-refractivity contribution in [2.45, 2.75) is 25.9 Å². The van der Waals surface area contributed by atoms with E-state index in [1.807, 2.05) is 36.4 Å². The lowest BCUT2D eigenvalue weighted by Gasteiger charge is -2.29. The van der Waals surface area contributed by atoms with Crippen LogP contribution in [0.4, 0.5) is 14.9 Å². The third-order valence-electron chi connectivity index (χ3n) is 6.29. The number of ether oxygens (including phenoxy) is 1. The number of hydrogen-bond acceptors (Lipinski definition) is 4. The molecule has 0 bridgehead atoms. The highest BCUT2D eigenvalue weighted by atomic mass is 79.9. The second kappa shape index (κ2) is 11.7. The molecule has 184 valence electrons. The molecule has 6 nitrogen and oxygen atoms in total. The molecule has 1 saturated heterocycles. The van der Waals surface area contributed by atoms with E-state index in [1.54, 1.807) is 24.1 Å². The minimum atomic E-state index is -0.486. The molecule has 1 heterocycles. The summed E-state index contributed by atoms with van der Waals surface area (Å²) in [7, 11) is 1.64. The van der Waals surface area contributed by atoms with E-state index in [9.17, 15) is 9.18 Å². The first kappa shape index (κ1) is 25.2. The summed E-state index contributed by atoms with van der Waals surface area (Å²) >= 11 is 3.26. The number of carbonyl (C=O) groups is 1. The molecule has 8 heteroatoms. The number of nitrogens with zero attached hydrogens (tertiary/aromatic N) is 1. The molecule has 3 N–H and O–H groups in total. The molecule has 2 atom stereocenters. The molecule has 3 aromatic carbocycles. The SMILES string of the molecule is CCc1ccc(CN(CC2CNNC2c2ccc(OC)cc2)C(=O)Nc2ccc(Br)cc2F)cc1. The van der Waals surface area contributed by atoms with Crippen LogP contribution in [0.25, 0.3) is 0 Å². The Labute approximate surface area is 214 Å². The van der Waals surface area contributed by atoms with Gasteiger partial charge in [0.2, 0.25) is 0 Å². The van der Waals surface area contributed by atoms with Gasteiger partial charge in [0.15, 0.2) is 0 Å². The molecule has 0 radical (unpaired) electrons. The first-order valence-electron chi connectivity index (χ1n) is 11.7. The summed E-state index contributed by atoms with van der Waals surface area (Å²) in [4.78, 5) is 15.1. The molecule has 4 rings (SSSR count). The third kappa shape index (κ3) is 6.39. The molecular formula is C27H30BrFN4O2. The van der Waals surface area contributed by atoms with Crippen LogP contribution in [0, 0.1) is 11.7 Å². The molecular weight excluding hydrogens is 511 g/mol. The van der Waals surface area contributed by atoms with Gasteiger partial charge in [-0.25, -0.2) is 14.6 Å². The Morgan fingerprint density at radius 1 is 1.11 bits per heavy atom. The van der Waals surface area contributed by atoms with Crippen molar-refractivity contribution in [3.63, 3.8) is 0 Å². The van der Waals surface area contributed by atoms with Crippen LogP contribution in [0.1, 0.15) is 29.7 Å². The van der Waals surface area contributed by atoms with Crippen molar-refractivity contribution in [1.82, 2.24) is 15.8 Å². The van der Waals surface area contributed by atoms with Gasteiger partial charge in [-0.3, -0.25) is 5.43 Å². The van der Waals surface area contributed by atoms with Gasteiger partial charge in [-0.1, -0.05) is 59.3 Å². The Hall–Kier alpha value is -2.94. The normalized spacial score (nSPS) is 17.3. The van der Waals surface area contributed by atoms with Crippen LogP contribution in [0.15, 0.2) is 71.2 Å². The molecule has 35 heavy (non-hydrogen) atoms. The summed E-state index contributed by atoms with van der Waals surface area (Å²) in [6.45, 7) is 3.71. The lowest BCUT2D eigenvalue weighted by atomic mass is 9.94. The van der Waals surface area contributed by atoms with E-state index < -0.39 is 5.82 Å². The number of aryl methyl sites for hydroxylation is 1. The predicted molar refractivity (Wildman–Crippen MR) is 140 cm³/mol. The van der Waals surface area contributed by atoms with Gasteiger partial charge in [0.05, 0.1) is 18.8 Å². The van der Waals surface area contributed by atoms with E-state index in [1.165, 1.54) is 11.6 Å². The van der Waals surface area contributed by atoms with Gasteiger partial charge < -0.3 is 15.0 Å². The summed E-state index contributed by atoms with van der Waals surface area (Å²) in [5.41, 5.74) is 10.1. The van der Waals surface area contributed by atoms with Crippen molar-refractivity contribution in [2.24, 2.45) is 5.92 Å². The highest BCUT2D eigenvalue weighted by Gasteiger charge is 2.31. The summed E-state index contributed by atoms with van der Waals surface area (Å²) in [6, 6.07) is 20.5. The van der Waals surface area contributed by atoms with Gasteiger partial charge in [0.1, 0.15) is 11.6 Å². The minimum Gasteiger partial charge on any atom is -0.497 e. The molecule has 0 saturated carbocycles. The van der Waals surface area contributed by atoms with Gasteiger partial charge in [-0.15, -0.1) is 0 Å². The van der Waals surface area contributed by atoms with Crippen LogP contribution in [0.5, 0.6) is 5.75 Å². The zero-order valence-corrected chi connectivity index (χ0v) is 21.4. The molecule has 2 amide bonds. The van der Waals surface area contributed by atoms with E-state index in [4.69, 9.17) is 4.74 Å². The molecule has 1 aliphatic heterocycles. The molecule has 2 unspecified atom stereocenters. The van der Waals surface area contributed by atoms with E-state index in [0.717, 1.165) is 23.3 Å². The maximum Gasteiger partial charge on any atom is 0.322 e.